The van der Waals surface area contributed by atoms with E-state index in [1.54, 1.807) is 4.90 Å². The minimum Gasteiger partial charge on any atom is -0.444 e. The highest BCUT2D eigenvalue weighted by molar-refractivity contribution is 5.80. The molecule has 0 aromatic carbocycles. The molecule has 2 amide bonds. The lowest BCUT2D eigenvalue weighted by Gasteiger charge is -2.25. The highest BCUT2D eigenvalue weighted by Gasteiger charge is 2.41. The van der Waals surface area contributed by atoms with Crippen molar-refractivity contribution >= 4 is 12.0 Å². The van der Waals surface area contributed by atoms with Crippen LogP contribution in [0.2, 0.25) is 0 Å². The van der Waals surface area contributed by atoms with Crippen LogP contribution in [0.4, 0.5) is 4.79 Å². The first kappa shape index (κ1) is 15.4. The molecule has 0 aromatic rings. The molecule has 5 heteroatoms. The summed E-state index contributed by atoms with van der Waals surface area (Å²) in [6.45, 7) is 6.79. The first-order chi connectivity index (χ1) is 10.3. The molecule has 2 aliphatic carbocycles. The average Bonchev–Trinajstić information content (AvgIpc) is 3.12. The lowest BCUT2D eigenvalue weighted by molar-refractivity contribution is -0.126. The number of rotatable bonds is 2. The van der Waals surface area contributed by atoms with E-state index >= 15 is 0 Å². The van der Waals surface area contributed by atoms with Crippen molar-refractivity contribution in [2.45, 2.75) is 51.7 Å². The van der Waals surface area contributed by atoms with Crippen LogP contribution in [-0.4, -0.2) is 41.6 Å². The molecule has 0 spiro atoms. The van der Waals surface area contributed by atoms with Crippen molar-refractivity contribution in [2.75, 3.05) is 13.1 Å². The van der Waals surface area contributed by atoms with Crippen molar-refractivity contribution in [3.63, 3.8) is 0 Å². The van der Waals surface area contributed by atoms with Crippen LogP contribution in [0.5, 0.6) is 0 Å². The van der Waals surface area contributed by atoms with Gasteiger partial charge in [-0.2, -0.15) is 0 Å². The van der Waals surface area contributed by atoms with Gasteiger partial charge in [-0.1, -0.05) is 12.2 Å². The quantitative estimate of drug-likeness (QED) is 0.797. The predicted octanol–water partition coefficient (Wildman–Crippen LogP) is 2.32. The zero-order valence-corrected chi connectivity index (χ0v) is 13.7. The smallest absolute Gasteiger partial charge is 0.410 e. The van der Waals surface area contributed by atoms with E-state index in [9.17, 15) is 9.59 Å². The number of likely N-dealkylation sites (tertiary alicyclic amines) is 1. The second-order valence-electron chi connectivity index (χ2n) is 7.81. The van der Waals surface area contributed by atoms with E-state index in [0.717, 1.165) is 19.3 Å². The monoisotopic (exact) mass is 306 g/mol. The lowest BCUT2D eigenvalue weighted by Crippen LogP contribution is -2.43. The zero-order valence-electron chi connectivity index (χ0n) is 13.7. The molecule has 0 unspecified atom stereocenters. The third kappa shape index (κ3) is 3.28. The second-order valence-corrected chi connectivity index (χ2v) is 7.81. The Labute approximate surface area is 132 Å². The summed E-state index contributed by atoms with van der Waals surface area (Å²) in [7, 11) is 0. The minimum absolute atomic E-state index is 0.0584. The standard InChI is InChI=1S/C17H26N2O3/c1-17(2,3)22-16(21)19-7-6-13(10-19)18-15(20)14-9-11-4-5-12(14)8-11/h4-5,11-14H,6-10H2,1-3H3,(H,18,20)/t11-,12-,13+,14+/m0/s1. The van der Waals surface area contributed by atoms with E-state index in [0.29, 0.717) is 24.9 Å². The molecule has 1 saturated carbocycles. The molecule has 22 heavy (non-hydrogen) atoms. The average molecular weight is 306 g/mol. The van der Waals surface area contributed by atoms with Gasteiger partial charge in [0.15, 0.2) is 0 Å². The Morgan fingerprint density at radius 3 is 2.59 bits per heavy atom. The number of amides is 2. The zero-order chi connectivity index (χ0) is 15.9. The molecular weight excluding hydrogens is 280 g/mol. The summed E-state index contributed by atoms with van der Waals surface area (Å²) in [5.41, 5.74) is -0.478. The first-order valence-electron chi connectivity index (χ1n) is 8.28. The normalized spacial score (nSPS) is 33.3. The summed E-state index contributed by atoms with van der Waals surface area (Å²) in [5.74, 6) is 1.31. The number of allylic oxidation sites excluding steroid dienone is 2. The third-order valence-corrected chi connectivity index (χ3v) is 4.80. The molecule has 2 fully saturated rings. The van der Waals surface area contributed by atoms with Gasteiger partial charge in [-0.05, 0) is 51.9 Å². The van der Waals surface area contributed by atoms with Gasteiger partial charge in [-0.25, -0.2) is 4.79 Å². The molecule has 4 atom stereocenters. The summed E-state index contributed by atoms with van der Waals surface area (Å²) in [4.78, 5) is 26.1. The summed E-state index contributed by atoms with van der Waals surface area (Å²) in [6.07, 6.45) is 7.07. The van der Waals surface area contributed by atoms with E-state index in [-0.39, 0.29) is 24.0 Å². The van der Waals surface area contributed by atoms with Crippen LogP contribution in [-0.2, 0) is 9.53 Å². The first-order valence-corrected chi connectivity index (χ1v) is 8.28. The van der Waals surface area contributed by atoms with Gasteiger partial charge in [-0.15, -0.1) is 0 Å². The number of hydrogen-bond acceptors (Lipinski definition) is 3. The van der Waals surface area contributed by atoms with Crippen LogP contribution in [0.1, 0.15) is 40.0 Å². The number of hydrogen-bond donors (Lipinski definition) is 1. The molecule has 3 aliphatic rings. The number of carbonyl (C=O) groups excluding carboxylic acids is 2. The third-order valence-electron chi connectivity index (χ3n) is 4.80. The van der Waals surface area contributed by atoms with Crippen molar-refractivity contribution in [3.8, 4) is 0 Å². The fourth-order valence-corrected chi connectivity index (χ4v) is 3.76. The molecule has 0 radical (unpaired) electrons. The molecule has 1 N–H and O–H groups in total. The molecule has 2 bridgehead atoms. The van der Waals surface area contributed by atoms with Gasteiger partial charge in [0, 0.05) is 25.0 Å². The Bertz CT molecular complexity index is 495. The van der Waals surface area contributed by atoms with E-state index in [4.69, 9.17) is 4.74 Å². The Kier molecular flexibility index (Phi) is 3.91. The van der Waals surface area contributed by atoms with Crippen molar-refractivity contribution in [1.29, 1.82) is 0 Å². The fourth-order valence-electron chi connectivity index (χ4n) is 3.76. The topological polar surface area (TPSA) is 58.6 Å². The second kappa shape index (κ2) is 5.60. The lowest BCUT2D eigenvalue weighted by atomic mass is 9.92. The predicted molar refractivity (Wildman–Crippen MR) is 83.2 cm³/mol. The van der Waals surface area contributed by atoms with Crippen molar-refractivity contribution in [2.24, 2.45) is 17.8 Å². The van der Waals surface area contributed by atoms with E-state index in [1.165, 1.54) is 0 Å². The molecular formula is C17H26N2O3. The van der Waals surface area contributed by atoms with Crippen LogP contribution in [0.25, 0.3) is 0 Å². The highest BCUT2D eigenvalue weighted by Crippen LogP contribution is 2.43. The van der Waals surface area contributed by atoms with Crippen molar-refractivity contribution < 1.29 is 14.3 Å². The van der Waals surface area contributed by atoms with Gasteiger partial charge in [0.1, 0.15) is 5.60 Å². The Morgan fingerprint density at radius 2 is 2.00 bits per heavy atom. The van der Waals surface area contributed by atoms with Crippen LogP contribution >= 0.6 is 0 Å². The maximum atomic E-state index is 12.4. The largest absolute Gasteiger partial charge is 0.444 e. The van der Waals surface area contributed by atoms with Crippen molar-refractivity contribution in [1.82, 2.24) is 10.2 Å². The SMILES string of the molecule is CC(C)(C)OC(=O)N1CC[C@@H](NC(=O)[C@@H]2C[C@H]3C=C[C@H]2C3)C1. The Hall–Kier alpha value is -1.52. The van der Waals surface area contributed by atoms with Gasteiger partial charge >= 0.3 is 6.09 Å². The Balaban J connectivity index is 1.48. The summed E-state index contributed by atoms with van der Waals surface area (Å²) < 4.78 is 5.38. The fraction of sp³-hybridized carbons (Fsp3) is 0.765. The molecule has 1 aliphatic heterocycles. The molecule has 1 saturated heterocycles. The van der Waals surface area contributed by atoms with Crippen molar-refractivity contribution in [3.05, 3.63) is 12.2 Å². The number of ether oxygens (including phenoxy) is 1. The van der Waals surface area contributed by atoms with Gasteiger partial charge < -0.3 is 15.0 Å². The van der Waals surface area contributed by atoms with E-state index in [1.807, 2.05) is 20.8 Å². The summed E-state index contributed by atoms with van der Waals surface area (Å²) in [6, 6.07) is 0.0584. The van der Waals surface area contributed by atoms with Gasteiger partial charge in [0.05, 0.1) is 0 Å². The minimum atomic E-state index is -0.478. The van der Waals surface area contributed by atoms with Crippen LogP contribution in [0.15, 0.2) is 12.2 Å². The molecule has 122 valence electrons. The molecule has 1 heterocycles. The number of nitrogens with zero attached hydrogens (tertiary/aromatic N) is 1. The Morgan fingerprint density at radius 1 is 1.23 bits per heavy atom. The highest BCUT2D eigenvalue weighted by atomic mass is 16.6. The number of carbonyl (C=O) groups is 2. The molecule has 3 rings (SSSR count). The van der Waals surface area contributed by atoms with Gasteiger partial charge in [-0.3, -0.25) is 4.79 Å². The maximum Gasteiger partial charge on any atom is 0.410 e. The van der Waals surface area contributed by atoms with E-state index < -0.39 is 5.60 Å². The molecule has 0 aromatic heterocycles. The van der Waals surface area contributed by atoms with Gasteiger partial charge in [0.2, 0.25) is 5.91 Å². The molecule has 5 nitrogen and oxygen atoms in total. The van der Waals surface area contributed by atoms with Gasteiger partial charge in [0.25, 0.3) is 0 Å². The summed E-state index contributed by atoms with van der Waals surface area (Å²) >= 11 is 0. The number of fused-ring (bicyclic) bond motifs is 2. The van der Waals surface area contributed by atoms with E-state index in [2.05, 4.69) is 17.5 Å². The summed E-state index contributed by atoms with van der Waals surface area (Å²) in [5, 5.41) is 3.13. The van der Waals surface area contributed by atoms with Crippen LogP contribution < -0.4 is 5.32 Å². The number of nitrogens with one attached hydrogen (secondary N) is 1. The van der Waals surface area contributed by atoms with Crippen LogP contribution in [0.3, 0.4) is 0 Å². The maximum absolute atomic E-state index is 12.4. The van der Waals surface area contributed by atoms with Crippen LogP contribution in [0, 0.1) is 17.8 Å².